The van der Waals surface area contributed by atoms with Crippen LogP contribution in [0.5, 0.6) is 0 Å². The first-order valence-corrected chi connectivity index (χ1v) is 6.75. The van der Waals surface area contributed by atoms with Crippen molar-refractivity contribution in [3.8, 4) is 0 Å². The Hall–Kier alpha value is 0.310. The molecule has 2 heteroatoms. The van der Waals surface area contributed by atoms with Gasteiger partial charge in [0.05, 0.1) is 0 Å². The van der Waals surface area contributed by atoms with Crippen LogP contribution >= 0.6 is 11.9 Å². The molecular formula is C11H21NS. The molecule has 2 fully saturated rings. The van der Waals surface area contributed by atoms with Crippen molar-refractivity contribution in [2.75, 3.05) is 19.3 Å². The highest BCUT2D eigenvalue weighted by Crippen LogP contribution is 2.47. The summed E-state index contributed by atoms with van der Waals surface area (Å²) >= 11 is 1.92. The normalized spacial score (nSPS) is 29.1. The topological polar surface area (TPSA) is 3.24 Å². The lowest BCUT2D eigenvalue weighted by Gasteiger charge is -2.52. The summed E-state index contributed by atoms with van der Waals surface area (Å²) in [5, 5.41) is 0. The summed E-state index contributed by atoms with van der Waals surface area (Å²) in [6.45, 7) is 5.08. The van der Waals surface area contributed by atoms with Crippen LogP contribution in [0.25, 0.3) is 0 Å². The molecule has 13 heavy (non-hydrogen) atoms. The second-order valence-electron chi connectivity index (χ2n) is 4.83. The minimum atomic E-state index is 0.759. The minimum Gasteiger partial charge on any atom is -0.250 e. The Morgan fingerprint density at radius 3 is 2.38 bits per heavy atom. The first-order chi connectivity index (χ1) is 6.28. The standard InChI is InChI=1S/C11H21NS/c1-3-10-4-6-11(7-5-10)8-12(9-11)13-2/h10H,3-9H2,1-2H3. The molecular weight excluding hydrogens is 178 g/mol. The molecule has 1 aliphatic carbocycles. The SMILES string of the molecule is CCC1CCC2(CC1)CN(SC)C2. The third-order valence-corrected chi connectivity index (χ3v) is 4.80. The maximum absolute atomic E-state index is 2.51. The van der Waals surface area contributed by atoms with Gasteiger partial charge in [-0.3, -0.25) is 0 Å². The first kappa shape index (κ1) is 9.85. The molecule has 1 aliphatic heterocycles. The Morgan fingerprint density at radius 1 is 1.31 bits per heavy atom. The van der Waals surface area contributed by atoms with Crippen LogP contribution in [-0.4, -0.2) is 23.7 Å². The smallest absolute Gasteiger partial charge is 0.0159 e. The Kier molecular flexibility index (Phi) is 2.89. The fraction of sp³-hybridized carbons (Fsp3) is 1.00. The summed E-state index contributed by atoms with van der Waals surface area (Å²) in [6, 6.07) is 0. The van der Waals surface area contributed by atoms with Crippen LogP contribution in [-0.2, 0) is 0 Å². The molecule has 0 radical (unpaired) electrons. The van der Waals surface area contributed by atoms with Crippen molar-refractivity contribution in [1.29, 1.82) is 0 Å². The van der Waals surface area contributed by atoms with Crippen LogP contribution < -0.4 is 0 Å². The van der Waals surface area contributed by atoms with Crippen molar-refractivity contribution >= 4 is 11.9 Å². The average molecular weight is 199 g/mol. The van der Waals surface area contributed by atoms with E-state index in [0.29, 0.717) is 0 Å². The highest BCUT2D eigenvalue weighted by atomic mass is 32.2. The first-order valence-electron chi connectivity index (χ1n) is 5.57. The number of rotatable bonds is 2. The van der Waals surface area contributed by atoms with Crippen molar-refractivity contribution in [3.05, 3.63) is 0 Å². The van der Waals surface area contributed by atoms with Gasteiger partial charge in [0.15, 0.2) is 0 Å². The summed E-state index contributed by atoms with van der Waals surface area (Å²) in [5.74, 6) is 1.05. The van der Waals surface area contributed by atoms with Crippen LogP contribution in [0.2, 0.25) is 0 Å². The van der Waals surface area contributed by atoms with Crippen molar-refractivity contribution in [2.45, 2.75) is 39.0 Å². The van der Waals surface area contributed by atoms with Gasteiger partial charge in [-0.15, -0.1) is 0 Å². The molecule has 1 saturated carbocycles. The molecule has 0 atom stereocenters. The van der Waals surface area contributed by atoms with E-state index in [1.165, 1.54) is 45.2 Å². The van der Waals surface area contributed by atoms with E-state index < -0.39 is 0 Å². The van der Waals surface area contributed by atoms with Gasteiger partial charge in [0.2, 0.25) is 0 Å². The van der Waals surface area contributed by atoms with Gasteiger partial charge in [0.1, 0.15) is 0 Å². The fourth-order valence-electron chi connectivity index (χ4n) is 2.85. The molecule has 1 spiro atoms. The summed E-state index contributed by atoms with van der Waals surface area (Å²) in [4.78, 5) is 0. The fourth-order valence-corrected chi connectivity index (χ4v) is 3.65. The molecule has 0 aromatic heterocycles. The summed E-state index contributed by atoms with van der Waals surface area (Å²) in [5.41, 5.74) is 0.759. The van der Waals surface area contributed by atoms with Crippen molar-refractivity contribution in [3.63, 3.8) is 0 Å². The molecule has 1 nitrogen and oxygen atoms in total. The van der Waals surface area contributed by atoms with E-state index in [9.17, 15) is 0 Å². The highest BCUT2D eigenvalue weighted by molar-refractivity contribution is 7.96. The van der Waals surface area contributed by atoms with Gasteiger partial charge in [-0.1, -0.05) is 25.3 Å². The van der Waals surface area contributed by atoms with E-state index in [4.69, 9.17) is 0 Å². The predicted octanol–water partition coefficient (Wildman–Crippen LogP) is 3.17. The van der Waals surface area contributed by atoms with E-state index in [0.717, 1.165) is 11.3 Å². The van der Waals surface area contributed by atoms with E-state index >= 15 is 0 Å². The second-order valence-corrected chi connectivity index (χ2v) is 5.71. The molecule has 0 aromatic rings. The largest absolute Gasteiger partial charge is 0.250 e. The van der Waals surface area contributed by atoms with Gasteiger partial charge in [-0.2, -0.15) is 0 Å². The Bertz CT molecular complexity index is 165. The lowest BCUT2D eigenvalue weighted by atomic mass is 9.66. The summed E-state index contributed by atoms with van der Waals surface area (Å²) in [6.07, 6.45) is 9.61. The van der Waals surface area contributed by atoms with Crippen molar-refractivity contribution in [1.82, 2.24) is 4.31 Å². The number of nitrogens with zero attached hydrogens (tertiary/aromatic N) is 1. The van der Waals surface area contributed by atoms with Crippen LogP contribution in [0.4, 0.5) is 0 Å². The zero-order chi connectivity index (χ0) is 9.31. The predicted molar refractivity (Wildman–Crippen MR) is 59.8 cm³/mol. The summed E-state index contributed by atoms with van der Waals surface area (Å²) < 4.78 is 2.51. The maximum atomic E-state index is 2.51. The van der Waals surface area contributed by atoms with E-state index in [1.807, 2.05) is 11.9 Å². The van der Waals surface area contributed by atoms with E-state index in [2.05, 4.69) is 17.5 Å². The molecule has 2 aliphatic rings. The van der Waals surface area contributed by atoms with Crippen molar-refractivity contribution < 1.29 is 0 Å². The Morgan fingerprint density at radius 2 is 1.92 bits per heavy atom. The summed E-state index contributed by atoms with van der Waals surface area (Å²) in [7, 11) is 0. The monoisotopic (exact) mass is 199 g/mol. The molecule has 0 amide bonds. The van der Waals surface area contributed by atoms with Gasteiger partial charge < -0.3 is 0 Å². The average Bonchev–Trinajstić information content (AvgIpc) is 2.14. The number of hydrogen-bond acceptors (Lipinski definition) is 2. The quantitative estimate of drug-likeness (QED) is 0.628. The zero-order valence-corrected chi connectivity index (χ0v) is 9.70. The third kappa shape index (κ3) is 1.89. The molecule has 2 rings (SSSR count). The Balaban J connectivity index is 1.79. The third-order valence-electron chi connectivity index (χ3n) is 4.02. The van der Waals surface area contributed by atoms with Crippen LogP contribution in [0, 0.1) is 11.3 Å². The second kappa shape index (κ2) is 3.82. The van der Waals surface area contributed by atoms with Gasteiger partial charge in [-0.05, 0) is 43.3 Å². The molecule has 1 saturated heterocycles. The van der Waals surface area contributed by atoms with Crippen molar-refractivity contribution in [2.24, 2.45) is 11.3 Å². The van der Waals surface area contributed by atoms with Gasteiger partial charge in [0, 0.05) is 13.1 Å². The Labute approximate surface area is 86.4 Å². The van der Waals surface area contributed by atoms with Crippen LogP contribution in [0.15, 0.2) is 0 Å². The molecule has 0 bridgehead atoms. The van der Waals surface area contributed by atoms with Gasteiger partial charge in [-0.25, -0.2) is 4.31 Å². The zero-order valence-electron chi connectivity index (χ0n) is 8.88. The van der Waals surface area contributed by atoms with E-state index in [1.54, 1.807) is 0 Å². The lowest BCUT2D eigenvalue weighted by molar-refractivity contribution is 0.0216. The molecule has 1 heterocycles. The highest BCUT2D eigenvalue weighted by Gasteiger charge is 2.44. The van der Waals surface area contributed by atoms with Gasteiger partial charge in [0.25, 0.3) is 0 Å². The van der Waals surface area contributed by atoms with Crippen LogP contribution in [0.3, 0.4) is 0 Å². The molecule has 0 unspecified atom stereocenters. The van der Waals surface area contributed by atoms with Crippen LogP contribution in [0.1, 0.15) is 39.0 Å². The maximum Gasteiger partial charge on any atom is 0.0159 e. The van der Waals surface area contributed by atoms with E-state index in [-0.39, 0.29) is 0 Å². The molecule has 0 aromatic carbocycles. The van der Waals surface area contributed by atoms with Gasteiger partial charge >= 0.3 is 0 Å². The molecule has 76 valence electrons. The molecule has 0 N–H and O–H groups in total. The number of hydrogen-bond donors (Lipinski definition) is 0. The minimum absolute atomic E-state index is 0.759. The lowest BCUT2D eigenvalue weighted by Crippen LogP contribution is -2.54.